The molecule has 9 heavy (non-hydrogen) atoms. The van der Waals surface area contributed by atoms with E-state index < -0.39 is 0 Å². The lowest BCUT2D eigenvalue weighted by molar-refractivity contribution is -0.119. The lowest BCUT2D eigenvalue weighted by Gasteiger charge is -1.95. The molecule has 0 heterocycles. The summed E-state index contributed by atoms with van der Waals surface area (Å²) in [6.45, 7) is 2.57. The molecule has 0 spiro atoms. The summed E-state index contributed by atoms with van der Waals surface area (Å²) >= 11 is 0. The molecule has 2 nitrogen and oxygen atoms in total. The molecule has 54 valence electrons. The fourth-order valence-corrected chi connectivity index (χ4v) is 0.620. The van der Waals surface area contributed by atoms with Crippen molar-refractivity contribution in [3.8, 4) is 0 Å². The third kappa shape index (κ3) is 5.50. The summed E-state index contributed by atoms with van der Waals surface area (Å²) in [6, 6.07) is 0. The molecule has 0 bridgehead atoms. The number of ether oxygens (including phenoxy) is 1. The fraction of sp³-hybridized carbons (Fsp3) is 0.857. The lowest BCUT2D eigenvalue weighted by atomic mass is 10.2. The van der Waals surface area contributed by atoms with Gasteiger partial charge in [0.25, 0.3) is 0 Å². The SMILES string of the molecule is CCCC(=O)CCOC. The van der Waals surface area contributed by atoms with Crippen molar-refractivity contribution in [3.63, 3.8) is 0 Å². The molecule has 0 unspecified atom stereocenters. The molecule has 0 amide bonds. The molecule has 0 fully saturated rings. The van der Waals surface area contributed by atoms with Gasteiger partial charge in [0.2, 0.25) is 0 Å². The van der Waals surface area contributed by atoms with Crippen molar-refractivity contribution in [2.45, 2.75) is 26.2 Å². The number of hydrogen-bond donors (Lipinski definition) is 0. The average Bonchev–Trinajstić information content (AvgIpc) is 1.85. The predicted molar refractivity (Wildman–Crippen MR) is 36.4 cm³/mol. The number of methoxy groups -OCH3 is 1. The van der Waals surface area contributed by atoms with Crippen LogP contribution in [0.2, 0.25) is 0 Å². The molecular weight excluding hydrogens is 116 g/mol. The van der Waals surface area contributed by atoms with Crippen molar-refractivity contribution >= 4 is 5.78 Å². The van der Waals surface area contributed by atoms with Crippen LogP contribution in [0.4, 0.5) is 0 Å². The number of carbonyl (C=O) groups is 1. The summed E-state index contributed by atoms with van der Waals surface area (Å²) in [4.78, 5) is 10.7. The Labute approximate surface area is 56.2 Å². The van der Waals surface area contributed by atoms with Crippen molar-refractivity contribution in [1.29, 1.82) is 0 Å². The molecule has 0 saturated carbocycles. The van der Waals surface area contributed by atoms with Crippen LogP contribution in [-0.2, 0) is 9.53 Å². The van der Waals surface area contributed by atoms with Crippen LogP contribution in [0.5, 0.6) is 0 Å². The zero-order valence-corrected chi connectivity index (χ0v) is 6.14. The van der Waals surface area contributed by atoms with Crippen LogP contribution in [0.1, 0.15) is 26.2 Å². The summed E-state index contributed by atoms with van der Waals surface area (Å²) in [5.41, 5.74) is 0. The quantitative estimate of drug-likeness (QED) is 0.562. The average molecular weight is 130 g/mol. The summed E-state index contributed by atoms with van der Waals surface area (Å²) < 4.78 is 4.74. The van der Waals surface area contributed by atoms with Crippen molar-refractivity contribution in [2.24, 2.45) is 0 Å². The van der Waals surface area contributed by atoms with Crippen molar-refractivity contribution in [3.05, 3.63) is 0 Å². The summed E-state index contributed by atoms with van der Waals surface area (Å²) in [5.74, 6) is 0.305. The minimum atomic E-state index is 0.305. The van der Waals surface area contributed by atoms with E-state index in [1.54, 1.807) is 7.11 Å². The second kappa shape index (κ2) is 5.76. The Bertz CT molecular complexity index is 79.0. The highest BCUT2D eigenvalue weighted by atomic mass is 16.5. The van der Waals surface area contributed by atoms with Crippen molar-refractivity contribution in [1.82, 2.24) is 0 Å². The molecule has 0 radical (unpaired) electrons. The van der Waals surface area contributed by atoms with Gasteiger partial charge in [-0.05, 0) is 6.42 Å². The normalized spacial score (nSPS) is 9.56. The maximum atomic E-state index is 10.7. The van der Waals surface area contributed by atoms with Crippen LogP contribution in [0, 0.1) is 0 Å². The topological polar surface area (TPSA) is 26.3 Å². The van der Waals surface area contributed by atoms with E-state index in [1.807, 2.05) is 6.92 Å². The third-order valence-electron chi connectivity index (χ3n) is 1.11. The highest BCUT2D eigenvalue weighted by molar-refractivity contribution is 5.78. The van der Waals surface area contributed by atoms with Crippen LogP contribution in [0.25, 0.3) is 0 Å². The Morgan fingerprint density at radius 3 is 2.56 bits per heavy atom. The standard InChI is InChI=1S/C7H14O2/c1-3-4-7(8)5-6-9-2/h3-6H2,1-2H3. The minimum absolute atomic E-state index is 0.305. The molecule has 0 aliphatic heterocycles. The van der Waals surface area contributed by atoms with Gasteiger partial charge in [0, 0.05) is 20.0 Å². The minimum Gasteiger partial charge on any atom is -0.384 e. The number of ketones is 1. The van der Waals surface area contributed by atoms with Gasteiger partial charge < -0.3 is 4.74 Å². The summed E-state index contributed by atoms with van der Waals surface area (Å²) in [7, 11) is 1.61. The first kappa shape index (κ1) is 8.63. The number of Topliss-reactive ketones (excluding diaryl/α,β-unsaturated/α-hetero) is 1. The molecule has 0 rings (SSSR count). The zero-order valence-electron chi connectivity index (χ0n) is 6.14. The van der Waals surface area contributed by atoms with Gasteiger partial charge in [0.1, 0.15) is 5.78 Å². The maximum Gasteiger partial charge on any atom is 0.135 e. The van der Waals surface area contributed by atoms with Crippen molar-refractivity contribution in [2.75, 3.05) is 13.7 Å². The van der Waals surface area contributed by atoms with Gasteiger partial charge in [-0.25, -0.2) is 0 Å². The van der Waals surface area contributed by atoms with E-state index in [9.17, 15) is 4.79 Å². The molecule has 0 aromatic heterocycles. The molecular formula is C7H14O2. The van der Waals surface area contributed by atoms with Crippen LogP contribution < -0.4 is 0 Å². The lowest BCUT2D eigenvalue weighted by Crippen LogP contribution is -2.01. The van der Waals surface area contributed by atoms with E-state index in [1.165, 1.54) is 0 Å². The number of hydrogen-bond acceptors (Lipinski definition) is 2. The second-order valence-electron chi connectivity index (χ2n) is 2.03. The Morgan fingerprint density at radius 2 is 2.11 bits per heavy atom. The zero-order chi connectivity index (χ0) is 7.11. The first-order valence-corrected chi connectivity index (χ1v) is 3.32. The first-order chi connectivity index (χ1) is 4.31. The van der Waals surface area contributed by atoms with Gasteiger partial charge in [0.05, 0.1) is 6.61 Å². The van der Waals surface area contributed by atoms with Gasteiger partial charge in [-0.1, -0.05) is 6.92 Å². The number of rotatable bonds is 5. The Kier molecular flexibility index (Phi) is 5.52. The van der Waals surface area contributed by atoms with Gasteiger partial charge >= 0.3 is 0 Å². The molecule has 0 aromatic carbocycles. The Balaban J connectivity index is 3.06. The fourth-order valence-electron chi connectivity index (χ4n) is 0.620. The van der Waals surface area contributed by atoms with Gasteiger partial charge in [0.15, 0.2) is 0 Å². The van der Waals surface area contributed by atoms with Crippen LogP contribution in [0.3, 0.4) is 0 Å². The summed E-state index contributed by atoms with van der Waals surface area (Å²) in [5, 5.41) is 0. The van der Waals surface area contributed by atoms with E-state index >= 15 is 0 Å². The molecule has 0 N–H and O–H groups in total. The molecule has 2 heteroatoms. The van der Waals surface area contributed by atoms with Crippen LogP contribution >= 0.6 is 0 Å². The smallest absolute Gasteiger partial charge is 0.135 e. The van der Waals surface area contributed by atoms with E-state index in [-0.39, 0.29) is 0 Å². The van der Waals surface area contributed by atoms with E-state index in [0.717, 1.165) is 6.42 Å². The maximum absolute atomic E-state index is 10.7. The Hall–Kier alpha value is -0.370. The van der Waals surface area contributed by atoms with Gasteiger partial charge in [-0.3, -0.25) is 4.79 Å². The van der Waals surface area contributed by atoms with Gasteiger partial charge in [-0.2, -0.15) is 0 Å². The molecule has 0 aromatic rings. The predicted octanol–water partition coefficient (Wildman–Crippen LogP) is 1.39. The van der Waals surface area contributed by atoms with E-state index in [0.29, 0.717) is 25.2 Å². The van der Waals surface area contributed by atoms with Crippen LogP contribution in [0.15, 0.2) is 0 Å². The monoisotopic (exact) mass is 130 g/mol. The molecule has 0 aliphatic carbocycles. The Morgan fingerprint density at radius 1 is 1.44 bits per heavy atom. The van der Waals surface area contributed by atoms with E-state index in [4.69, 9.17) is 4.74 Å². The largest absolute Gasteiger partial charge is 0.384 e. The van der Waals surface area contributed by atoms with E-state index in [2.05, 4.69) is 0 Å². The molecule has 0 saturated heterocycles. The molecule has 0 aliphatic rings. The van der Waals surface area contributed by atoms with Gasteiger partial charge in [-0.15, -0.1) is 0 Å². The molecule has 0 atom stereocenters. The third-order valence-corrected chi connectivity index (χ3v) is 1.11. The second-order valence-corrected chi connectivity index (χ2v) is 2.03. The van der Waals surface area contributed by atoms with Crippen molar-refractivity contribution < 1.29 is 9.53 Å². The summed E-state index contributed by atoms with van der Waals surface area (Å²) in [6.07, 6.45) is 2.22. The highest BCUT2D eigenvalue weighted by Gasteiger charge is 1.97. The first-order valence-electron chi connectivity index (χ1n) is 3.32. The van der Waals surface area contributed by atoms with Crippen LogP contribution in [-0.4, -0.2) is 19.5 Å². The highest BCUT2D eigenvalue weighted by Crippen LogP contribution is 1.93. The number of carbonyl (C=O) groups excluding carboxylic acids is 1.